The summed E-state index contributed by atoms with van der Waals surface area (Å²) in [6, 6.07) is -0.750. The third-order valence-corrected chi connectivity index (χ3v) is 4.06. The van der Waals surface area contributed by atoms with Crippen LogP contribution in [0.5, 0.6) is 0 Å². The highest BCUT2D eigenvalue weighted by molar-refractivity contribution is 7.99. The molecule has 0 aromatic carbocycles. The van der Waals surface area contributed by atoms with Crippen molar-refractivity contribution in [3.8, 4) is 0 Å². The van der Waals surface area contributed by atoms with Crippen molar-refractivity contribution in [1.82, 2.24) is 10.2 Å². The number of carboxylic acid groups (broad SMARTS) is 1. The smallest absolute Gasteiger partial charge is 0.327 e. The lowest BCUT2D eigenvalue weighted by Gasteiger charge is -2.32. The SMILES string of the molecule is CC(C)(C)C(=O)NCCC(=O)N1CCSCC1C(=O)O. The van der Waals surface area contributed by atoms with Crippen LogP contribution in [0.3, 0.4) is 0 Å². The second kappa shape index (κ2) is 6.97. The summed E-state index contributed by atoms with van der Waals surface area (Å²) in [5.74, 6) is -0.121. The summed E-state index contributed by atoms with van der Waals surface area (Å²) >= 11 is 1.54. The largest absolute Gasteiger partial charge is 0.480 e. The number of rotatable bonds is 4. The van der Waals surface area contributed by atoms with Crippen LogP contribution in [-0.2, 0) is 14.4 Å². The van der Waals surface area contributed by atoms with Crippen LogP contribution in [0, 0.1) is 5.41 Å². The van der Waals surface area contributed by atoms with Gasteiger partial charge in [0.1, 0.15) is 6.04 Å². The summed E-state index contributed by atoms with van der Waals surface area (Å²) in [5, 5.41) is 11.8. The van der Waals surface area contributed by atoms with Gasteiger partial charge in [-0.1, -0.05) is 20.8 Å². The molecule has 20 heavy (non-hydrogen) atoms. The highest BCUT2D eigenvalue weighted by Gasteiger charge is 2.32. The Morgan fingerprint density at radius 1 is 1.35 bits per heavy atom. The molecule has 0 aromatic rings. The third kappa shape index (κ3) is 4.70. The Kier molecular flexibility index (Phi) is 5.86. The van der Waals surface area contributed by atoms with Crippen LogP contribution in [0.2, 0.25) is 0 Å². The number of hydrogen-bond acceptors (Lipinski definition) is 4. The molecule has 0 spiro atoms. The first-order valence-electron chi connectivity index (χ1n) is 6.62. The average Bonchev–Trinajstić information content (AvgIpc) is 2.37. The van der Waals surface area contributed by atoms with Crippen molar-refractivity contribution in [2.75, 3.05) is 24.6 Å². The minimum absolute atomic E-state index is 0.116. The first-order chi connectivity index (χ1) is 9.23. The molecule has 1 saturated heterocycles. The van der Waals surface area contributed by atoms with Crippen LogP contribution < -0.4 is 5.32 Å². The molecule has 1 heterocycles. The lowest BCUT2D eigenvalue weighted by atomic mass is 9.96. The van der Waals surface area contributed by atoms with E-state index >= 15 is 0 Å². The van der Waals surface area contributed by atoms with Gasteiger partial charge >= 0.3 is 5.97 Å². The number of carbonyl (C=O) groups excluding carboxylic acids is 2. The second-order valence-electron chi connectivity index (χ2n) is 5.77. The summed E-state index contributed by atoms with van der Waals surface area (Å²) in [5.41, 5.74) is -0.492. The number of amides is 2. The number of carbonyl (C=O) groups is 3. The maximum atomic E-state index is 12.0. The lowest BCUT2D eigenvalue weighted by molar-refractivity contribution is -0.149. The number of nitrogens with zero attached hydrogens (tertiary/aromatic N) is 1. The fourth-order valence-corrected chi connectivity index (χ4v) is 2.84. The summed E-state index contributed by atoms with van der Waals surface area (Å²) in [6.07, 6.45) is 0.135. The number of carboxylic acids is 1. The molecule has 0 bridgehead atoms. The van der Waals surface area contributed by atoms with Gasteiger partial charge in [-0.15, -0.1) is 0 Å². The van der Waals surface area contributed by atoms with Crippen molar-refractivity contribution in [3.05, 3.63) is 0 Å². The van der Waals surface area contributed by atoms with Crippen molar-refractivity contribution in [3.63, 3.8) is 0 Å². The molecular weight excluding hydrogens is 280 g/mol. The molecule has 1 fully saturated rings. The van der Waals surface area contributed by atoms with E-state index in [0.29, 0.717) is 12.3 Å². The fraction of sp³-hybridized carbons (Fsp3) is 0.769. The standard InChI is InChI=1S/C13H22N2O4S/c1-13(2,3)12(19)14-5-4-10(16)15-6-7-20-8-9(15)11(17)18/h9H,4-8H2,1-3H3,(H,14,19)(H,17,18). The zero-order chi connectivity index (χ0) is 15.3. The normalized spacial score (nSPS) is 19.6. The quantitative estimate of drug-likeness (QED) is 0.793. The summed E-state index contributed by atoms with van der Waals surface area (Å²) in [7, 11) is 0. The molecular formula is C13H22N2O4S. The molecule has 0 radical (unpaired) electrons. The first kappa shape index (κ1) is 16.8. The molecule has 0 aromatic heterocycles. The van der Waals surface area contributed by atoms with E-state index in [1.807, 2.05) is 0 Å². The van der Waals surface area contributed by atoms with Crippen molar-refractivity contribution in [2.24, 2.45) is 5.41 Å². The number of thioether (sulfide) groups is 1. The molecule has 0 saturated carbocycles. The topological polar surface area (TPSA) is 86.7 Å². The first-order valence-corrected chi connectivity index (χ1v) is 7.77. The Hall–Kier alpha value is -1.24. The Labute approximate surface area is 123 Å². The van der Waals surface area contributed by atoms with E-state index in [2.05, 4.69) is 5.32 Å². The highest BCUT2D eigenvalue weighted by Crippen LogP contribution is 2.17. The fourth-order valence-electron chi connectivity index (χ4n) is 1.80. The monoisotopic (exact) mass is 302 g/mol. The molecule has 6 nitrogen and oxygen atoms in total. The van der Waals surface area contributed by atoms with Crippen LogP contribution in [0.15, 0.2) is 0 Å². The molecule has 1 rings (SSSR count). The maximum Gasteiger partial charge on any atom is 0.327 e. The van der Waals surface area contributed by atoms with Crippen LogP contribution in [0.4, 0.5) is 0 Å². The molecule has 2 N–H and O–H groups in total. The van der Waals surface area contributed by atoms with Crippen LogP contribution in [0.25, 0.3) is 0 Å². The Balaban J connectivity index is 2.45. The van der Waals surface area contributed by atoms with Gasteiger partial charge in [0.15, 0.2) is 0 Å². The maximum absolute atomic E-state index is 12.0. The van der Waals surface area contributed by atoms with Gasteiger partial charge in [-0.3, -0.25) is 9.59 Å². The van der Waals surface area contributed by atoms with E-state index < -0.39 is 17.4 Å². The third-order valence-electron chi connectivity index (χ3n) is 3.04. The number of hydrogen-bond donors (Lipinski definition) is 2. The van der Waals surface area contributed by atoms with Gasteiger partial charge in [-0.2, -0.15) is 11.8 Å². The van der Waals surface area contributed by atoms with E-state index in [4.69, 9.17) is 5.11 Å². The molecule has 2 amide bonds. The van der Waals surface area contributed by atoms with Gasteiger partial charge in [0, 0.05) is 36.4 Å². The summed E-state index contributed by atoms with van der Waals surface area (Å²) in [6.45, 7) is 6.09. The van der Waals surface area contributed by atoms with E-state index in [-0.39, 0.29) is 24.8 Å². The Bertz CT molecular complexity index is 392. The summed E-state index contributed by atoms with van der Waals surface area (Å²) < 4.78 is 0. The van der Waals surface area contributed by atoms with Crippen molar-refractivity contribution < 1.29 is 19.5 Å². The highest BCUT2D eigenvalue weighted by atomic mass is 32.2. The Morgan fingerprint density at radius 2 is 2.00 bits per heavy atom. The van der Waals surface area contributed by atoms with E-state index in [9.17, 15) is 14.4 Å². The summed E-state index contributed by atoms with van der Waals surface area (Å²) in [4.78, 5) is 36.2. The van der Waals surface area contributed by atoms with Crippen LogP contribution in [0.1, 0.15) is 27.2 Å². The van der Waals surface area contributed by atoms with Gasteiger partial charge in [0.25, 0.3) is 0 Å². The molecule has 114 valence electrons. The molecule has 1 unspecified atom stereocenters. The van der Waals surface area contributed by atoms with Gasteiger partial charge < -0.3 is 15.3 Å². The zero-order valence-electron chi connectivity index (χ0n) is 12.1. The molecule has 7 heteroatoms. The van der Waals surface area contributed by atoms with Crippen LogP contribution in [-0.4, -0.2) is 58.4 Å². The van der Waals surface area contributed by atoms with E-state index in [1.165, 1.54) is 4.90 Å². The second-order valence-corrected chi connectivity index (χ2v) is 6.92. The molecule has 1 atom stereocenters. The van der Waals surface area contributed by atoms with Crippen molar-refractivity contribution >= 4 is 29.5 Å². The predicted octanol–water partition coefficient (Wildman–Crippen LogP) is 0.567. The molecule has 1 aliphatic heterocycles. The lowest BCUT2D eigenvalue weighted by Crippen LogP contribution is -2.51. The average molecular weight is 302 g/mol. The van der Waals surface area contributed by atoms with E-state index in [0.717, 1.165) is 5.75 Å². The Morgan fingerprint density at radius 3 is 2.55 bits per heavy atom. The predicted molar refractivity (Wildman–Crippen MR) is 77.5 cm³/mol. The number of aliphatic carboxylic acids is 1. The van der Waals surface area contributed by atoms with Gasteiger partial charge in [0.2, 0.25) is 11.8 Å². The van der Waals surface area contributed by atoms with Crippen LogP contribution >= 0.6 is 11.8 Å². The van der Waals surface area contributed by atoms with Gasteiger partial charge in [-0.05, 0) is 0 Å². The molecule has 0 aliphatic carbocycles. The molecule has 1 aliphatic rings. The van der Waals surface area contributed by atoms with E-state index in [1.54, 1.807) is 32.5 Å². The minimum atomic E-state index is -0.968. The van der Waals surface area contributed by atoms with Crippen molar-refractivity contribution in [2.45, 2.75) is 33.2 Å². The zero-order valence-corrected chi connectivity index (χ0v) is 13.0. The number of nitrogens with one attached hydrogen (secondary N) is 1. The minimum Gasteiger partial charge on any atom is -0.480 e. The van der Waals surface area contributed by atoms with Gasteiger partial charge in [0.05, 0.1) is 0 Å². The van der Waals surface area contributed by atoms with Crippen molar-refractivity contribution in [1.29, 1.82) is 0 Å². The van der Waals surface area contributed by atoms with Gasteiger partial charge in [-0.25, -0.2) is 4.79 Å².